The number of piperazine rings is 1. The van der Waals surface area contributed by atoms with Crippen LogP contribution in [-0.2, 0) is 10.0 Å². The fourth-order valence-electron chi connectivity index (χ4n) is 2.48. The Hall–Kier alpha value is -1.02. The summed E-state index contributed by atoms with van der Waals surface area (Å²) in [7, 11) is -0.534. The topological polar surface area (TPSA) is 67.9 Å². The molecule has 1 aliphatic heterocycles. The van der Waals surface area contributed by atoms with Crippen LogP contribution < -0.4 is 14.8 Å². The number of methoxy groups -OCH3 is 2. The molecule has 126 valence electrons. The summed E-state index contributed by atoms with van der Waals surface area (Å²) in [5.41, 5.74) is 0. The predicted octanol–water partition coefficient (Wildman–Crippen LogP) is 1.50. The number of ether oxygens (including phenoxy) is 2. The first-order valence-electron chi connectivity index (χ1n) is 6.89. The molecule has 0 aromatic heterocycles. The van der Waals surface area contributed by atoms with Crippen LogP contribution in [-0.4, -0.2) is 52.1 Å². The minimum absolute atomic E-state index is 0. The molecule has 1 heterocycles. The number of halogens is 1. The third-order valence-corrected chi connectivity index (χ3v) is 5.92. The molecule has 1 aliphatic rings. The van der Waals surface area contributed by atoms with Gasteiger partial charge in [-0.1, -0.05) is 0 Å². The van der Waals surface area contributed by atoms with E-state index in [-0.39, 0.29) is 29.4 Å². The van der Waals surface area contributed by atoms with Gasteiger partial charge in [-0.3, -0.25) is 0 Å². The van der Waals surface area contributed by atoms with Gasteiger partial charge in [-0.15, -0.1) is 12.4 Å². The van der Waals surface area contributed by atoms with Gasteiger partial charge in [0.15, 0.2) is 11.5 Å². The van der Waals surface area contributed by atoms with Crippen molar-refractivity contribution in [1.82, 2.24) is 9.62 Å². The molecule has 0 radical (unpaired) electrons. The molecule has 1 fully saturated rings. The fourth-order valence-corrected chi connectivity index (χ4v) is 4.20. The molecule has 6 nitrogen and oxygen atoms in total. The van der Waals surface area contributed by atoms with E-state index >= 15 is 0 Å². The van der Waals surface area contributed by atoms with Crippen LogP contribution in [0.15, 0.2) is 23.1 Å². The third-order valence-electron chi connectivity index (χ3n) is 3.94. The first kappa shape index (κ1) is 19.0. The zero-order valence-electron chi connectivity index (χ0n) is 13.2. The molecule has 1 aromatic carbocycles. The van der Waals surface area contributed by atoms with Gasteiger partial charge in [-0.25, -0.2) is 8.42 Å². The lowest BCUT2D eigenvalue weighted by Gasteiger charge is -2.37. The molecule has 8 heteroatoms. The molecule has 2 rings (SSSR count). The van der Waals surface area contributed by atoms with Crippen LogP contribution in [0.4, 0.5) is 0 Å². The summed E-state index contributed by atoms with van der Waals surface area (Å²) in [6.45, 7) is 5.01. The smallest absolute Gasteiger partial charge is 0.243 e. The van der Waals surface area contributed by atoms with Crippen LogP contribution in [0.3, 0.4) is 0 Å². The van der Waals surface area contributed by atoms with Crippen LogP contribution in [0.2, 0.25) is 0 Å². The van der Waals surface area contributed by atoms with Crippen LogP contribution in [0.5, 0.6) is 11.5 Å². The van der Waals surface area contributed by atoms with Crippen molar-refractivity contribution in [3.8, 4) is 11.5 Å². The number of hydrogen-bond donors (Lipinski definition) is 1. The largest absolute Gasteiger partial charge is 0.493 e. The molecular formula is C14H23ClN2O4S. The van der Waals surface area contributed by atoms with Crippen molar-refractivity contribution in [3.63, 3.8) is 0 Å². The highest BCUT2D eigenvalue weighted by Crippen LogP contribution is 2.31. The molecule has 1 N–H and O–H groups in total. The maximum atomic E-state index is 12.8. The van der Waals surface area contributed by atoms with E-state index in [2.05, 4.69) is 5.32 Å². The van der Waals surface area contributed by atoms with E-state index in [1.165, 1.54) is 24.6 Å². The minimum Gasteiger partial charge on any atom is -0.493 e. The Morgan fingerprint density at radius 3 is 2.41 bits per heavy atom. The summed E-state index contributed by atoms with van der Waals surface area (Å²) in [5.74, 6) is 0.924. The summed E-state index contributed by atoms with van der Waals surface area (Å²) in [4.78, 5) is 0.223. The Bertz CT molecular complexity index is 609. The number of sulfonamides is 1. The highest BCUT2D eigenvalue weighted by atomic mass is 35.5. The number of benzene rings is 1. The molecule has 0 amide bonds. The lowest BCUT2D eigenvalue weighted by molar-refractivity contribution is 0.232. The van der Waals surface area contributed by atoms with Crippen molar-refractivity contribution in [2.45, 2.75) is 30.8 Å². The zero-order valence-corrected chi connectivity index (χ0v) is 14.8. The van der Waals surface area contributed by atoms with Crippen molar-refractivity contribution in [3.05, 3.63) is 18.2 Å². The van der Waals surface area contributed by atoms with Gasteiger partial charge in [0.2, 0.25) is 10.0 Å². The van der Waals surface area contributed by atoms with E-state index in [1.807, 2.05) is 13.8 Å². The molecule has 0 saturated carbocycles. The Morgan fingerprint density at radius 2 is 1.82 bits per heavy atom. The van der Waals surface area contributed by atoms with Crippen molar-refractivity contribution >= 4 is 22.4 Å². The number of hydrogen-bond acceptors (Lipinski definition) is 5. The summed E-state index contributed by atoms with van der Waals surface area (Å²) < 4.78 is 37.5. The third kappa shape index (κ3) is 3.48. The second-order valence-electron chi connectivity index (χ2n) is 5.12. The Kier molecular flexibility index (Phi) is 6.49. The fraction of sp³-hybridized carbons (Fsp3) is 0.571. The van der Waals surface area contributed by atoms with E-state index in [4.69, 9.17) is 9.47 Å². The van der Waals surface area contributed by atoms with E-state index in [0.29, 0.717) is 24.6 Å². The summed E-state index contributed by atoms with van der Waals surface area (Å²) in [6, 6.07) is 4.69. The maximum absolute atomic E-state index is 12.8. The highest BCUT2D eigenvalue weighted by molar-refractivity contribution is 7.89. The molecule has 0 aliphatic carbocycles. The Balaban J connectivity index is 0.00000242. The lowest BCUT2D eigenvalue weighted by atomic mass is 10.1. The van der Waals surface area contributed by atoms with Crippen LogP contribution in [0.25, 0.3) is 0 Å². The molecule has 2 atom stereocenters. The van der Waals surface area contributed by atoms with Gasteiger partial charge < -0.3 is 14.8 Å². The average Bonchev–Trinajstić information content (AvgIpc) is 2.49. The van der Waals surface area contributed by atoms with E-state index in [0.717, 1.165) is 0 Å². The normalized spacial score (nSPS) is 22.7. The summed E-state index contributed by atoms with van der Waals surface area (Å²) >= 11 is 0. The van der Waals surface area contributed by atoms with E-state index in [9.17, 15) is 8.42 Å². The monoisotopic (exact) mass is 350 g/mol. The van der Waals surface area contributed by atoms with Crippen LogP contribution >= 0.6 is 12.4 Å². The van der Waals surface area contributed by atoms with E-state index < -0.39 is 10.0 Å². The van der Waals surface area contributed by atoms with Gasteiger partial charge >= 0.3 is 0 Å². The second-order valence-corrected chi connectivity index (χ2v) is 7.01. The Labute approximate surface area is 138 Å². The molecule has 0 bridgehead atoms. The van der Waals surface area contributed by atoms with Crippen molar-refractivity contribution in [2.24, 2.45) is 0 Å². The molecule has 1 aromatic rings. The molecule has 2 unspecified atom stereocenters. The van der Waals surface area contributed by atoms with E-state index in [1.54, 1.807) is 12.1 Å². The highest BCUT2D eigenvalue weighted by Gasteiger charge is 2.34. The van der Waals surface area contributed by atoms with Crippen molar-refractivity contribution in [1.29, 1.82) is 0 Å². The molecule has 22 heavy (non-hydrogen) atoms. The zero-order chi connectivity index (χ0) is 15.6. The maximum Gasteiger partial charge on any atom is 0.243 e. The predicted molar refractivity (Wildman–Crippen MR) is 87.6 cm³/mol. The lowest BCUT2D eigenvalue weighted by Crippen LogP contribution is -2.57. The second kappa shape index (κ2) is 7.50. The SMILES string of the molecule is COc1ccc(S(=O)(=O)N2CCNC(C)C2C)cc1OC.Cl. The first-order chi connectivity index (χ1) is 9.91. The first-order valence-corrected chi connectivity index (χ1v) is 8.33. The van der Waals surface area contributed by atoms with Crippen molar-refractivity contribution < 1.29 is 17.9 Å². The minimum atomic E-state index is -3.54. The number of rotatable bonds is 4. The van der Waals surface area contributed by atoms with Gasteiger partial charge in [-0.2, -0.15) is 4.31 Å². The molecular weight excluding hydrogens is 328 g/mol. The van der Waals surface area contributed by atoms with Crippen molar-refractivity contribution in [2.75, 3.05) is 27.3 Å². The summed E-state index contributed by atoms with van der Waals surface area (Å²) in [5, 5.41) is 3.28. The molecule has 1 saturated heterocycles. The number of nitrogens with one attached hydrogen (secondary N) is 1. The Morgan fingerprint density at radius 1 is 1.18 bits per heavy atom. The van der Waals surface area contributed by atoms with Gasteiger partial charge in [0.05, 0.1) is 19.1 Å². The summed E-state index contributed by atoms with van der Waals surface area (Å²) in [6.07, 6.45) is 0. The quantitative estimate of drug-likeness (QED) is 0.891. The van der Waals surface area contributed by atoms with Crippen LogP contribution in [0, 0.1) is 0 Å². The van der Waals surface area contributed by atoms with Crippen LogP contribution in [0.1, 0.15) is 13.8 Å². The van der Waals surface area contributed by atoms with Gasteiger partial charge in [0, 0.05) is 31.2 Å². The standard InChI is InChI=1S/C14H22N2O4S.ClH/c1-10-11(2)16(8-7-15-10)21(17,18)12-5-6-13(19-3)14(9-12)20-4;/h5-6,9-11,15H,7-8H2,1-4H3;1H. The van der Waals surface area contributed by atoms with Gasteiger partial charge in [-0.05, 0) is 26.0 Å². The van der Waals surface area contributed by atoms with Gasteiger partial charge in [0.1, 0.15) is 0 Å². The molecule has 0 spiro atoms. The van der Waals surface area contributed by atoms with Gasteiger partial charge in [0.25, 0.3) is 0 Å². The number of nitrogens with zero attached hydrogens (tertiary/aromatic N) is 1. The average molecular weight is 351 g/mol.